The minimum absolute atomic E-state index is 0.00387. The van der Waals surface area contributed by atoms with Crippen molar-refractivity contribution in [3.05, 3.63) is 29.6 Å². The molecule has 1 saturated carbocycles. The van der Waals surface area contributed by atoms with Crippen LogP contribution in [0.2, 0.25) is 0 Å². The zero-order chi connectivity index (χ0) is 13.8. The van der Waals surface area contributed by atoms with Crippen LogP contribution in [0.15, 0.2) is 18.2 Å². The molecule has 0 bridgehead atoms. The summed E-state index contributed by atoms with van der Waals surface area (Å²) < 4.78 is 13.1. The van der Waals surface area contributed by atoms with Gasteiger partial charge in [0.15, 0.2) is 0 Å². The monoisotopic (exact) mass is 265 g/mol. The highest BCUT2D eigenvalue weighted by Gasteiger charge is 2.19. The van der Waals surface area contributed by atoms with Crippen molar-refractivity contribution in [2.75, 3.05) is 6.54 Å². The molecule has 3 nitrogen and oxygen atoms in total. The van der Waals surface area contributed by atoms with E-state index in [0.29, 0.717) is 12.5 Å². The first-order chi connectivity index (χ1) is 9.06. The number of nitrogens with one attached hydrogen (secondary N) is 1. The molecule has 1 aliphatic carbocycles. The lowest BCUT2D eigenvalue weighted by molar-refractivity contribution is 0.0938. The minimum Gasteiger partial charge on any atom is -0.507 e. The largest absolute Gasteiger partial charge is 0.507 e. The number of hydrogen-bond donors (Lipinski definition) is 2. The lowest BCUT2D eigenvalue weighted by Crippen LogP contribution is -2.31. The number of carbonyl (C=O) groups excluding carboxylic acids is 1. The van der Waals surface area contributed by atoms with Crippen LogP contribution in [0.3, 0.4) is 0 Å². The van der Waals surface area contributed by atoms with Gasteiger partial charge in [-0.2, -0.15) is 0 Å². The molecule has 0 atom stereocenters. The van der Waals surface area contributed by atoms with E-state index in [1.165, 1.54) is 18.9 Å². The third-order valence-corrected chi connectivity index (χ3v) is 3.89. The van der Waals surface area contributed by atoms with Crippen molar-refractivity contribution in [1.29, 1.82) is 0 Å². The number of aromatic hydroxyl groups is 1. The van der Waals surface area contributed by atoms with Gasteiger partial charge in [0.05, 0.1) is 5.56 Å². The summed E-state index contributed by atoms with van der Waals surface area (Å²) in [6.07, 6.45) is 4.64. The van der Waals surface area contributed by atoms with Crippen LogP contribution in [-0.4, -0.2) is 17.6 Å². The van der Waals surface area contributed by atoms with Gasteiger partial charge in [-0.15, -0.1) is 0 Å². The van der Waals surface area contributed by atoms with Crippen molar-refractivity contribution >= 4 is 5.91 Å². The molecule has 1 aromatic carbocycles. The van der Waals surface area contributed by atoms with Crippen LogP contribution in [-0.2, 0) is 0 Å². The predicted molar refractivity (Wildman–Crippen MR) is 71.5 cm³/mol. The third kappa shape index (κ3) is 3.69. The second-order valence-electron chi connectivity index (χ2n) is 5.50. The molecule has 0 saturated heterocycles. The van der Waals surface area contributed by atoms with Gasteiger partial charge in [0.2, 0.25) is 0 Å². The number of phenols is 1. The molecule has 104 valence electrons. The molecule has 1 amide bonds. The van der Waals surface area contributed by atoms with Crippen LogP contribution in [0.25, 0.3) is 0 Å². The van der Waals surface area contributed by atoms with E-state index in [-0.39, 0.29) is 11.3 Å². The lowest BCUT2D eigenvalue weighted by atomic mass is 9.83. The van der Waals surface area contributed by atoms with Crippen LogP contribution in [0, 0.1) is 17.7 Å². The summed E-state index contributed by atoms with van der Waals surface area (Å²) in [6.45, 7) is 2.85. The van der Waals surface area contributed by atoms with Gasteiger partial charge in [0, 0.05) is 6.54 Å². The molecule has 2 N–H and O–H groups in total. The van der Waals surface area contributed by atoms with Gasteiger partial charge in [-0.1, -0.05) is 19.8 Å². The van der Waals surface area contributed by atoms with Gasteiger partial charge in [0.25, 0.3) is 5.91 Å². The predicted octanol–water partition coefficient (Wildman–Crippen LogP) is 3.09. The molecule has 19 heavy (non-hydrogen) atoms. The Bertz CT molecular complexity index is 453. The summed E-state index contributed by atoms with van der Waals surface area (Å²) in [5.41, 5.74) is 0.00387. The summed E-state index contributed by atoms with van der Waals surface area (Å²) in [5, 5.41) is 12.3. The summed E-state index contributed by atoms with van der Waals surface area (Å²) in [6, 6.07) is 3.40. The van der Waals surface area contributed by atoms with E-state index in [1.54, 1.807) is 0 Å². The number of rotatable bonds is 3. The highest BCUT2D eigenvalue weighted by molar-refractivity contribution is 5.96. The number of carbonyl (C=O) groups is 1. The SMILES string of the molecule is CC1CCC(CNC(=O)c2cc(F)ccc2O)CC1. The van der Waals surface area contributed by atoms with Crippen molar-refractivity contribution < 1.29 is 14.3 Å². The number of benzene rings is 1. The molecule has 0 aromatic heterocycles. The van der Waals surface area contributed by atoms with Crippen LogP contribution in [0.5, 0.6) is 5.75 Å². The van der Waals surface area contributed by atoms with Crippen molar-refractivity contribution in [3.8, 4) is 5.75 Å². The maximum Gasteiger partial charge on any atom is 0.255 e. The zero-order valence-electron chi connectivity index (χ0n) is 11.2. The van der Waals surface area contributed by atoms with E-state index in [9.17, 15) is 14.3 Å². The first-order valence-corrected chi connectivity index (χ1v) is 6.83. The molecule has 4 heteroatoms. The van der Waals surface area contributed by atoms with Gasteiger partial charge >= 0.3 is 0 Å². The average molecular weight is 265 g/mol. The zero-order valence-corrected chi connectivity index (χ0v) is 11.2. The smallest absolute Gasteiger partial charge is 0.255 e. The van der Waals surface area contributed by atoms with E-state index in [4.69, 9.17) is 0 Å². The average Bonchev–Trinajstić information content (AvgIpc) is 2.40. The molecule has 1 aromatic rings. The molecule has 0 heterocycles. The van der Waals surface area contributed by atoms with Gasteiger partial charge in [-0.3, -0.25) is 4.79 Å². The van der Waals surface area contributed by atoms with Crippen LogP contribution in [0.1, 0.15) is 43.0 Å². The third-order valence-electron chi connectivity index (χ3n) is 3.89. The molecule has 0 spiro atoms. The summed E-state index contributed by atoms with van der Waals surface area (Å²) >= 11 is 0. The van der Waals surface area contributed by atoms with Crippen molar-refractivity contribution in [2.45, 2.75) is 32.6 Å². The fourth-order valence-corrected chi connectivity index (χ4v) is 2.56. The van der Waals surface area contributed by atoms with Gasteiger partial charge in [-0.05, 0) is 42.9 Å². The highest BCUT2D eigenvalue weighted by atomic mass is 19.1. The van der Waals surface area contributed by atoms with Crippen LogP contribution >= 0.6 is 0 Å². The van der Waals surface area contributed by atoms with E-state index >= 15 is 0 Å². The van der Waals surface area contributed by atoms with E-state index in [0.717, 1.165) is 30.9 Å². The normalized spacial score (nSPS) is 23.1. The maximum atomic E-state index is 13.1. The molecule has 1 aliphatic rings. The summed E-state index contributed by atoms with van der Waals surface area (Å²) in [4.78, 5) is 11.9. The Balaban J connectivity index is 1.89. The molecule has 1 fully saturated rings. The fourth-order valence-electron chi connectivity index (χ4n) is 2.56. The number of amides is 1. The van der Waals surface area contributed by atoms with E-state index in [2.05, 4.69) is 12.2 Å². The Morgan fingerprint density at radius 3 is 2.74 bits per heavy atom. The second kappa shape index (κ2) is 6.04. The van der Waals surface area contributed by atoms with Crippen LogP contribution < -0.4 is 5.32 Å². The number of halogens is 1. The maximum absolute atomic E-state index is 13.1. The van der Waals surface area contributed by atoms with Gasteiger partial charge in [0.1, 0.15) is 11.6 Å². The fraction of sp³-hybridized carbons (Fsp3) is 0.533. The molecular formula is C15H20FNO2. The Morgan fingerprint density at radius 1 is 1.37 bits per heavy atom. The molecule has 2 rings (SSSR count). The topological polar surface area (TPSA) is 49.3 Å². The van der Waals surface area contributed by atoms with Crippen molar-refractivity contribution in [1.82, 2.24) is 5.32 Å². The number of hydrogen-bond acceptors (Lipinski definition) is 2. The van der Waals surface area contributed by atoms with Crippen LogP contribution in [0.4, 0.5) is 4.39 Å². The first kappa shape index (κ1) is 13.8. The van der Waals surface area contributed by atoms with Gasteiger partial charge in [-0.25, -0.2) is 4.39 Å². The lowest BCUT2D eigenvalue weighted by Gasteiger charge is -2.26. The van der Waals surface area contributed by atoms with E-state index < -0.39 is 11.7 Å². The molecule has 0 radical (unpaired) electrons. The number of phenolic OH excluding ortho intramolecular Hbond substituents is 1. The van der Waals surface area contributed by atoms with Gasteiger partial charge < -0.3 is 10.4 Å². The first-order valence-electron chi connectivity index (χ1n) is 6.83. The molecule has 0 aliphatic heterocycles. The Labute approximate surface area is 112 Å². The second-order valence-corrected chi connectivity index (χ2v) is 5.50. The Morgan fingerprint density at radius 2 is 2.05 bits per heavy atom. The molecule has 0 unspecified atom stereocenters. The summed E-state index contributed by atoms with van der Waals surface area (Å²) in [7, 11) is 0. The Hall–Kier alpha value is -1.58. The summed E-state index contributed by atoms with van der Waals surface area (Å²) in [5.74, 6) is 0.163. The van der Waals surface area contributed by atoms with Crippen molar-refractivity contribution in [3.63, 3.8) is 0 Å². The quantitative estimate of drug-likeness (QED) is 0.882. The van der Waals surface area contributed by atoms with E-state index in [1.807, 2.05) is 0 Å². The minimum atomic E-state index is -0.519. The Kier molecular flexibility index (Phi) is 4.40. The molecular weight excluding hydrogens is 245 g/mol. The highest BCUT2D eigenvalue weighted by Crippen LogP contribution is 2.27. The van der Waals surface area contributed by atoms with Crippen molar-refractivity contribution in [2.24, 2.45) is 11.8 Å². The standard InChI is InChI=1S/C15H20FNO2/c1-10-2-4-11(5-3-10)9-17-15(19)13-8-12(16)6-7-14(13)18/h6-8,10-11,18H,2-5,9H2,1H3,(H,17,19).